The van der Waals surface area contributed by atoms with Crippen molar-refractivity contribution in [2.24, 2.45) is 17.3 Å². The predicted octanol–water partition coefficient (Wildman–Crippen LogP) is 4.27. The predicted molar refractivity (Wildman–Crippen MR) is 77.7 cm³/mol. The average Bonchev–Trinajstić information content (AvgIpc) is 2.36. The van der Waals surface area contributed by atoms with E-state index in [-0.39, 0.29) is 5.97 Å². The highest BCUT2D eigenvalue weighted by molar-refractivity contribution is 5.66. The van der Waals surface area contributed by atoms with Gasteiger partial charge in [-0.3, -0.25) is 4.79 Å². The number of ether oxygens (including phenoxy) is 1. The number of rotatable bonds is 3. The molecule has 0 amide bonds. The largest absolute Gasteiger partial charge is 0.461 e. The fourth-order valence-electron chi connectivity index (χ4n) is 3.70. The van der Waals surface area contributed by atoms with E-state index in [0.29, 0.717) is 17.9 Å². The summed E-state index contributed by atoms with van der Waals surface area (Å²) in [6, 6.07) is 0. The number of fused-ring (bicyclic) bond motifs is 1. The summed E-state index contributed by atoms with van der Waals surface area (Å²) < 4.78 is 5.10. The third-order valence-electron chi connectivity index (χ3n) is 5.28. The lowest BCUT2D eigenvalue weighted by Gasteiger charge is -2.47. The van der Waals surface area contributed by atoms with Crippen molar-refractivity contribution in [2.75, 3.05) is 6.61 Å². The molecular formula is C17H26O2. The molecule has 0 spiro atoms. The van der Waals surface area contributed by atoms with E-state index in [9.17, 15) is 4.79 Å². The van der Waals surface area contributed by atoms with Gasteiger partial charge in [-0.1, -0.05) is 32.1 Å². The number of hydrogen-bond acceptors (Lipinski definition) is 2. The van der Waals surface area contributed by atoms with E-state index >= 15 is 0 Å². The molecule has 0 aromatic carbocycles. The Morgan fingerprint density at radius 1 is 1.53 bits per heavy atom. The summed E-state index contributed by atoms with van der Waals surface area (Å²) in [5, 5.41) is 0. The van der Waals surface area contributed by atoms with Gasteiger partial charge in [-0.25, -0.2) is 0 Å². The van der Waals surface area contributed by atoms with Gasteiger partial charge < -0.3 is 4.74 Å². The van der Waals surface area contributed by atoms with Crippen molar-refractivity contribution in [1.29, 1.82) is 0 Å². The second kappa shape index (κ2) is 5.52. The number of hydrogen-bond donors (Lipinski definition) is 0. The van der Waals surface area contributed by atoms with E-state index in [4.69, 9.17) is 4.74 Å². The topological polar surface area (TPSA) is 26.3 Å². The molecule has 0 radical (unpaired) electrons. The fraction of sp³-hybridized carbons (Fsp3) is 0.706. The van der Waals surface area contributed by atoms with Gasteiger partial charge in [-0.2, -0.15) is 0 Å². The molecule has 1 saturated carbocycles. The monoisotopic (exact) mass is 262 g/mol. The first-order chi connectivity index (χ1) is 8.93. The molecule has 0 aromatic heterocycles. The minimum Gasteiger partial charge on any atom is -0.461 e. The molecule has 106 valence electrons. The van der Waals surface area contributed by atoms with Gasteiger partial charge in [0.15, 0.2) is 0 Å². The lowest BCUT2D eigenvalue weighted by molar-refractivity contribution is -0.140. The van der Waals surface area contributed by atoms with Crippen molar-refractivity contribution < 1.29 is 9.53 Å². The van der Waals surface area contributed by atoms with E-state index in [1.807, 2.05) is 0 Å². The third kappa shape index (κ3) is 2.93. The standard InChI is InChI=1S/C17H26O2/c1-12(11-19-14(3)18)15-8-9-16-7-5-6-13(2)17(16,4)10-15/h7,13,15H,1,5-6,8-11H2,2-4H3/t13-,15+,17+/m0/s1. The van der Waals surface area contributed by atoms with Crippen molar-refractivity contribution in [3.05, 3.63) is 23.8 Å². The Morgan fingerprint density at radius 3 is 2.95 bits per heavy atom. The van der Waals surface area contributed by atoms with Crippen LogP contribution in [0.25, 0.3) is 0 Å². The van der Waals surface area contributed by atoms with Crippen LogP contribution in [0.15, 0.2) is 23.8 Å². The highest BCUT2D eigenvalue weighted by Crippen LogP contribution is 2.53. The van der Waals surface area contributed by atoms with E-state index in [1.54, 1.807) is 5.57 Å². The normalized spacial score (nSPS) is 34.2. The van der Waals surface area contributed by atoms with Crippen molar-refractivity contribution >= 4 is 5.97 Å². The SMILES string of the molecule is C=C(COC(C)=O)[C@@H]1CCC2=CCC[C@H](C)[C@@]2(C)C1. The van der Waals surface area contributed by atoms with Crippen LogP contribution in [0.1, 0.15) is 52.9 Å². The Morgan fingerprint density at radius 2 is 2.26 bits per heavy atom. The van der Waals surface area contributed by atoms with Crippen LogP contribution in [0.2, 0.25) is 0 Å². The molecule has 2 aliphatic rings. The van der Waals surface area contributed by atoms with Gasteiger partial charge in [0.2, 0.25) is 0 Å². The minimum absolute atomic E-state index is 0.213. The van der Waals surface area contributed by atoms with E-state index in [2.05, 4.69) is 26.5 Å². The van der Waals surface area contributed by atoms with Crippen LogP contribution < -0.4 is 0 Å². The zero-order valence-corrected chi connectivity index (χ0v) is 12.5. The van der Waals surface area contributed by atoms with Crippen LogP contribution in [0.3, 0.4) is 0 Å². The van der Waals surface area contributed by atoms with Crippen LogP contribution >= 0.6 is 0 Å². The van der Waals surface area contributed by atoms with Crippen molar-refractivity contribution in [2.45, 2.75) is 52.9 Å². The van der Waals surface area contributed by atoms with Crippen molar-refractivity contribution in [3.8, 4) is 0 Å². The molecule has 0 saturated heterocycles. The molecular weight excluding hydrogens is 236 g/mol. The van der Waals surface area contributed by atoms with E-state index in [1.165, 1.54) is 32.6 Å². The summed E-state index contributed by atoms with van der Waals surface area (Å²) in [6.07, 6.45) is 8.51. The maximum Gasteiger partial charge on any atom is 0.302 e. The molecule has 0 aliphatic heterocycles. The molecule has 2 nitrogen and oxygen atoms in total. The Bertz CT molecular complexity index is 407. The van der Waals surface area contributed by atoms with Crippen LogP contribution in [0.5, 0.6) is 0 Å². The average molecular weight is 262 g/mol. The molecule has 2 rings (SSSR count). The zero-order chi connectivity index (χ0) is 14.0. The number of esters is 1. The zero-order valence-electron chi connectivity index (χ0n) is 12.5. The summed E-state index contributed by atoms with van der Waals surface area (Å²) >= 11 is 0. The first-order valence-corrected chi connectivity index (χ1v) is 7.44. The lowest BCUT2D eigenvalue weighted by atomic mass is 9.58. The smallest absolute Gasteiger partial charge is 0.302 e. The fourth-order valence-corrected chi connectivity index (χ4v) is 3.70. The first kappa shape index (κ1) is 14.4. The molecule has 0 bridgehead atoms. The summed E-state index contributed by atoms with van der Waals surface area (Å²) in [5.74, 6) is 1.04. The maximum absolute atomic E-state index is 10.9. The molecule has 1 fully saturated rings. The number of carbonyl (C=O) groups is 1. The molecule has 3 atom stereocenters. The van der Waals surface area contributed by atoms with Crippen LogP contribution in [-0.4, -0.2) is 12.6 Å². The first-order valence-electron chi connectivity index (χ1n) is 7.44. The molecule has 2 heteroatoms. The van der Waals surface area contributed by atoms with E-state index in [0.717, 1.165) is 17.9 Å². The maximum atomic E-state index is 10.9. The molecule has 0 aromatic rings. The summed E-state index contributed by atoms with van der Waals surface area (Å²) in [7, 11) is 0. The van der Waals surface area contributed by atoms with Crippen LogP contribution in [0.4, 0.5) is 0 Å². The minimum atomic E-state index is -0.213. The molecule has 19 heavy (non-hydrogen) atoms. The molecule has 0 unspecified atom stereocenters. The van der Waals surface area contributed by atoms with Gasteiger partial charge in [0.1, 0.15) is 6.61 Å². The van der Waals surface area contributed by atoms with Crippen molar-refractivity contribution in [1.82, 2.24) is 0 Å². The Labute approximate surface area is 116 Å². The Balaban J connectivity index is 2.03. The number of carbonyl (C=O) groups excluding carboxylic acids is 1. The summed E-state index contributed by atoms with van der Waals surface area (Å²) in [4.78, 5) is 10.9. The number of allylic oxidation sites excluding steroid dienone is 2. The second-order valence-corrected chi connectivity index (χ2v) is 6.50. The van der Waals surface area contributed by atoms with Crippen LogP contribution in [-0.2, 0) is 9.53 Å². The van der Waals surface area contributed by atoms with Gasteiger partial charge in [0.05, 0.1) is 0 Å². The van der Waals surface area contributed by atoms with E-state index < -0.39 is 0 Å². The quantitative estimate of drug-likeness (QED) is 0.561. The molecule has 0 N–H and O–H groups in total. The molecule has 0 heterocycles. The Kier molecular flexibility index (Phi) is 4.17. The third-order valence-corrected chi connectivity index (χ3v) is 5.28. The Hall–Kier alpha value is -1.05. The second-order valence-electron chi connectivity index (χ2n) is 6.50. The van der Waals surface area contributed by atoms with Gasteiger partial charge in [-0.05, 0) is 54.9 Å². The van der Waals surface area contributed by atoms with Gasteiger partial charge >= 0.3 is 5.97 Å². The highest BCUT2D eigenvalue weighted by atomic mass is 16.5. The van der Waals surface area contributed by atoms with Gasteiger partial charge in [0.25, 0.3) is 0 Å². The van der Waals surface area contributed by atoms with Gasteiger partial charge in [0, 0.05) is 6.92 Å². The van der Waals surface area contributed by atoms with Crippen molar-refractivity contribution in [3.63, 3.8) is 0 Å². The highest BCUT2D eigenvalue weighted by Gasteiger charge is 2.42. The van der Waals surface area contributed by atoms with Gasteiger partial charge in [-0.15, -0.1) is 0 Å². The van der Waals surface area contributed by atoms with Crippen LogP contribution in [0, 0.1) is 17.3 Å². The molecule has 2 aliphatic carbocycles. The summed E-state index contributed by atoms with van der Waals surface area (Å²) in [6.45, 7) is 10.8. The summed E-state index contributed by atoms with van der Waals surface area (Å²) in [5.41, 5.74) is 3.08. The lowest BCUT2D eigenvalue weighted by Crippen LogP contribution is -2.37.